The predicted molar refractivity (Wildman–Crippen MR) is 18.2 cm³/mol. The molecule has 0 atom stereocenters. The molecule has 0 aromatic rings. The van der Waals surface area contributed by atoms with Gasteiger partial charge < -0.3 is 0 Å². The van der Waals surface area contributed by atoms with Crippen LogP contribution < -0.4 is 10.4 Å². The maximum absolute atomic E-state index is 10.8. The molecule has 0 aliphatic carbocycles. The molecule has 0 radical (unpaired) electrons. The molecular weight excluding hydrogens is 132 g/mol. The van der Waals surface area contributed by atoms with Crippen molar-refractivity contribution in [2.75, 3.05) is 0 Å². The summed E-state index contributed by atoms with van der Waals surface area (Å²) in [6, 6.07) is 0. The second-order valence-corrected chi connectivity index (χ2v) is 0.906. The molecule has 44 valence electrons. The molecule has 7 heavy (non-hydrogen) atoms. The average Bonchev–Trinajstić information content (AvgIpc) is 1.30. The van der Waals surface area contributed by atoms with Crippen molar-refractivity contribution in [1.82, 2.24) is 10.4 Å². The molecule has 6 heteroatoms. The molecule has 0 saturated carbocycles. The molecule has 0 rings (SSSR count). The zero-order valence-corrected chi connectivity index (χ0v) is 3.77. The van der Waals surface area contributed by atoms with Crippen LogP contribution >= 0.6 is 11.8 Å². The van der Waals surface area contributed by atoms with Gasteiger partial charge in [0.1, 0.15) is 0 Å². The molecule has 0 aliphatic rings. The van der Waals surface area contributed by atoms with Gasteiger partial charge >= 0.3 is 6.30 Å². The summed E-state index contributed by atoms with van der Waals surface area (Å²) < 4.78 is 32.4. The fourth-order valence-corrected chi connectivity index (χ4v) is 0.161. The lowest BCUT2D eigenvalue weighted by atomic mass is 11.2. The Morgan fingerprint density at radius 3 is 1.71 bits per heavy atom. The van der Waals surface area contributed by atoms with Gasteiger partial charge in [-0.25, -0.2) is 0 Å². The maximum atomic E-state index is 10.8. The zero-order valence-electron chi connectivity index (χ0n) is 3.01. The van der Waals surface area contributed by atoms with Gasteiger partial charge in [-0.2, -0.15) is 23.5 Å². The molecule has 0 spiro atoms. The summed E-state index contributed by atoms with van der Waals surface area (Å²) in [5, 5.41) is 0. The van der Waals surface area contributed by atoms with Crippen molar-refractivity contribution in [1.29, 1.82) is 0 Å². The molecule has 0 aromatic heterocycles. The van der Waals surface area contributed by atoms with E-state index in [1.807, 2.05) is 0 Å². The Hall–Kier alpha value is 0. The summed E-state index contributed by atoms with van der Waals surface area (Å²) in [7, 11) is 0. The number of rotatable bonds is 1. The third kappa shape index (κ3) is 6.00. The van der Waals surface area contributed by atoms with E-state index in [9.17, 15) is 13.2 Å². The van der Waals surface area contributed by atoms with E-state index >= 15 is 0 Å². The highest BCUT2D eigenvalue weighted by Crippen LogP contribution is 2.06. The lowest BCUT2D eigenvalue weighted by Gasteiger charge is -2.02. The molecule has 0 heterocycles. The Morgan fingerprint density at radius 1 is 1.29 bits per heavy atom. The van der Waals surface area contributed by atoms with Crippen molar-refractivity contribution in [2.45, 2.75) is 6.30 Å². The van der Waals surface area contributed by atoms with Crippen LogP contribution in [0.5, 0.6) is 0 Å². The van der Waals surface area contributed by atoms with Gasteiger partial charge in [-0.15, -0.1) is 0 Å². The zero-order chi connectivity index (χ0) is 5.91. The summed E-state index contributed by atoms with van der Waals surface area (Å²) >= 11 is 4.41. The van der Waals surface area contributed by atoms with E-state index < -0.39 is 6.30 Å². The molecule has 2 N–H and O–H groups in total. The minimum Gasteiger partial charge on any atom is -0.162 e. The van der Waals surface area contributed by atoms with Crippen LogP contribution in [0.1, 0.15) is 0 Å². The number of hydrogen-bond donors (Lipinski definition) is 2. The standard InChI is InChI=1S/CH2ClF3N2/c2-7-6-1(3,4)5/h6-7H. The molecule has 2 nitrogen and oxygen atoms in total. The van der Waals surface area contributed by atoms with Gasteiger partial charge in [0.2, 0.25) is 0 Å². The van der Waals surface area contributed by atoms with Gasteiger partial charge in [-0.1, -0.05) is 0 Å². The van der Waals surface area contributed by atoms with Crippen LogP contribution in [-0.4, -0.2) is 6.30 Å². The van der Waals surface area contributed by atoms with Crippen LogP contribution in [0.2, 0.25) is 0 Å². The van der Waals surface area contributed by atoms with E-state index in [0.717, 1.165) is 5.43 Å². The van der Waals surface area contributed by atoms with E-state index in [0.29, 0.717) is 0 Å². The smallest absolute Gasteiger partial charge is 0.162 e. The van der Waals surface area contributed by atoms with E-state index in [1.54, 1.807) is 0 Å². The van der Waals surface area contributed by atoms with E-state index in [4.69, 9.17) is 0 Å². The third-order valence-electron chi connectivity index (χ3n) is 0.189. The monoisotopic (exact) mass is 134 g/mol. The maximum Gasteiger partial charge on any atom is 0.471 e. The Morgan fingerprint density at radius 2 is 1.71 bits per heavy atom. The van der Waals surface area contributed by atoms with Gasteiger partial charge in [0.25, 0.3) is 0 Å². The Balaban J connectivity index is 3.15. The molecule has 0 aliphatic heterocycles. The van der Waals surface area contributed by atoms with Crippen LogP contribution in [0.25, 0.3) is 0 Å². The van der Waals surface area contributed by atoms with Crippen LogP contribution in [0.3, 0.4) is 0 Å². The van der Waals surface area contributed by atoms with Crippen molar-refractivity contribution in [2.24, 2.45) is 0 Å². The van der Waals surface area contributed by atoms with Crippen LogP contribution in [0.4, 0.5) is 13.2 Å². The van der Waals surface area contributed by atoms with Crippen molar-refractivity contribution in [3.63, 3.8) is 0 Å². The third-order valence-corrected chi connectivity index (χ3v) is 0.283. The summed E-state index contributed by atoms with van der Waals surface area (Å²) in [4.78, 5) is 1.20. The lowest BCUT2D eigenvalue weighted by Crippen LogP contribution is -2.37. The number of hydrazine groups is 1. The first-order chi connectivity index (χ1) is 3.06. The lowest BCUT2D eigenvalue weighted by molar-refractivity contribution is -0.161. The molecule has 0 fully saturated rings. The molecule has 0 amide bonds. The molecule has 0 saturated heterocycles. The number of hydrogen-bond acceptors (Lipinski definition) is 2. The summed E-state index contributed by atoms with van der Waals surface area (Å²) in [6.45, 7) is 0. The summed E-state index contributed by atoms with van der Waals surface area (Å²) in [5.41, 5.74) is 0.800. The second-order valence-electron chi connectivity index (χ2n) is 0.717. The van der Waals surface area contributed by atoms with Gasteiger partial charge in [-0.3, -0.25) is 0 Å². The number of alkyl halides is 3. The second kappa shape index (κ2) is 2.34. The van der Waals surface area contributed by atoms with Crippen molar-refractivity contribution in [3.8, 4) is 0 Å². The van der Waals surface area contributed by atoms with E-state index in [2.05, 4.69) is 11.8 Å². The van der Waals surface area contributed by atoms with Gasteiger partial charge in [0.05, 0.1) is 0 Å². The highest BCUT2D eigenvalue weighted by molar-refractivity contribution is 6.13. The quantitative estimate of drug-likeness (QED) is 0.314. The number of nitrogens with one attached hydrogen (secondary N) is 2. The Kier molecular flexibility index (Phi) is 2.34. The fourth-order valence-electron chi connectivity index (χ4n) is 0.0536. The van der Waals surface area contributed by atoms with Crippen molar-refractivity contribution < 1.29 is 13.2 Å². The highest BCUT2D eigenvalue weighted by atomic mass is 35.5. The minimum atomic E-state index is -4.44. The number of halogens is 4. The van der Waals surface area contributed by atoms with E-state index in [1.165, 1.54) is 4.94 Å². The van der Waals surface area contributed by atoms with Gasteiger partial charge in [0.15, 0.2) is 0 Å². The SMILES string of the molecule is FC(F)(F)NNCl. The topological polar surface area (TPSA) is 24.1 Å². The van der Waals surface area contributed by atoms with Crippen LogP contribution in [0.15, 0.2) is 0 Å². The first-order valence-electron chi connectivity index (χ1n) is 1.26. The van der Waals surface area contributed by atoms with Gasteiger partial charge in [-0.05, 0) is 11.8 Å². The first kappa shape index (κ1) is 7.00. The van der Waals surface area contributed by atoms with E-state index in [-0.39, 0.29) is 0 Å². The fraction of sp³-hybridized carbons (Fsp3) is 1.00. The first-order valence-corrected chi connectivity index (χ1v) is 1.63. The highest BCUT2D eigenvalue weighted by Gasteiger charge is 2.25. The largest absolute Gasteiger partial charge is 0.471 e. The predicted octanol–water partition coefficient (Wildman–Crippen LogP) is 0.754. The Bertz CT molecular complexity index is 51.4. The van der Waals surface area contributed by atoms with Crippen LogP contribution in [-0.2, 0) is 0 Å². The van der Waals surface area contributed by atoms with Crippen molar-refractivity contribution >= 4 is 11.8 Å². The van der Waals surface area contributed by atoms with Crippen LogP contribution in [0, 0.1) is 0 Å². The van der Waals surface area contributed by atoms with Gasteiger partial charge in [0, 0.05) is 0 Å². The molecular formula is CH2ClF3N2. The van der Waals surface area contributed by atoms with Crippen molar-refractivity contribution in [3.05, 3.63) is 0 Å². The molecule has 0 bridgehead atoms. The summed E-state index contributed by atoms with van der Waals surface area (Å²) in [5.74, 6) is 0. The minimum absolute atomic E-state index is 0.800. The summed E-state index contributed by atoms with van der Waals surface area (Å²) in [6.07, 6.45) is -4.44. The Labute approximate surface area is 42.7 Å². The molecule has 0 aromatic carbocycles. The average molecular weight is 134 g/mol. The normalized spacial score (nSPS) is 12.0. The molecule has 0 unspecified atom stereocenters.